The Labute approximate surface area is 428 Å². The summed E-state index contributed by atoms with van der Waals surface area (Å²) in [4.78, 5) is 14.8. The van der Waals surface area contributed by atoms with E-state index in [0.29, 0.717) is 13.0 Å². The second-order valence-corrected chi connectivity index (χ2v) is 25.5. The van der Waals surface area contributed by atoms with Crippen LogP contribution in [-0.2, 0) is 14.3 Å². The van der Waals surface area contributed by atoms with Crippen molar-refractivity contribution < 1.29 is 14.3 Å². The summed E-state index contributed by atoms with van der Waals surface area (Å²) in [5.74, 6) is 4.09. The molecule has 1 aliphatic heterocycles. The van der Waals surface area contributed by atoms with Gasteiger partial charge in [-0.3, -0.25) is 15.4 Å². The van der Waals surface area contributed by atoms with E-state index in [0.717, 1.165) is 75.7 Å². The summed E-state index contributed by atoms with van der Waals surface area (Å²) in [6.45, 7) is 13.7. The molecule has 0 spiro atoms. The third-order valence-corrected chi connectivity index (χ3v) is 19.2. The summed E-state index contributed by atoms with van der Waals surface area (Å²) in [5.41, 5.74) is 10.5. The van der Waals surface area contributed by atoms with Crippen LogP contribution in [0.5, 0.6) is 0 Å². The number of carbonyl (C=O) groups is 1. The predicted molar refractivity (Wildman–Crippen MR) is 300 cm³/mol. The molecule has 7 rings (SSSR count). The van der Waals surface area contributed by atoms with Gasteiger partial charge in [-0.05, 0) is 156 Å². The molecule has 2 N–H and O–H groups in total. The summed E-state index contributed by atoms with van der Waals surface area (Å²) in [7, 11) is 0. The summed E-state index contributed by atoms with van der Waals surface area (Å²) in [6, 6.07) is 29.7. The first-order chi connectivity index (χ1) is 32.4. The van der Waals surface area contributed by atoms with Crippen molar-refractivity contribution >= 4 is 71.2 Å². The fourth-order valence-corrected chi connectivity index (χ4v) is 14.2. The second-order valence-electron chi connectivity index (χ2n) is 19.5. The molecule has 5 nitrogen and oxygen atoms in total. The zero-order chi connectivity index (χ0) is 47.7. The average molecular weight is 1000 g/mol. The lowest BCUT2D eigenvalue weighted by Gasteiger charge is -2.38. The SMILES string of the molecule is CC/C=C(/CC(N[C@]1(CNC(SCC(S)c2ccccc2)C(CC(OC(C)(C)C)=C2CCC2)=C2CCC2)SCC(c2ccccc2)S1)C(=O)OC1CCCCC1)c1ccccc1C.CCSC. The smallest absolute Gasteiger partial charge is 0.323 e. The number of aryl methyl sites for hydroxylation is 1. The first-order valence-corrected chi connectivity index (χ1v) is 30.0. The fraction of sp³-hybridized carbons (Fsp3) is 0.561. The Morgan fingerprint density at radius 3 is 2.13 bits per heavy atom. The first-order valence-electron chi connectivity index (χ1n) is 25.2. The molecule has 0 bridgehead atoms. The molecule has 0 amide bonds. The minimum Gasteiger partial charge on any atom is -0.492 e. The minimum atomic E-state index is -0.522. The Balaban J connectivity index is 0.00000178. The van der Waals surface area contributed by atoms with Crippen LogP contribution in [0.3, 0.4) is 0 Å². The molecule has 5 atom stereocenters. The van der Waals surface area contributed by atoms with Crippen molar-refractivity contribution in [2.24, 2.45) is 0 Å². The highest BCUT2D eigenvalue weighted by molar-refractivity contribution is 8.21. The molecular weight excluding hydrogens is 921 g/mol. The van der Waals surface area contributed by atoms with Crippen LogP contribution in [0, 0.1) is 6.92 Å². The van der Waals surface area contributed by atoms with Gasteiger partial charge in [-0.2, -0.15) is 24.4 Å². The van der Waals surface area contributed by atoms with E-state index in [1.165, 1.54) is 69.7 Å². The van der Waals surface area contributed by atoms with Crippen LogP contribution in [0.2, 0.25) is 0 Å². The fourth-order valence-electron chi connectivity index (χ4n) is 9.10. The van der Waals surface area contributed by atoms with Gasteiger partial charge in [0, 0.05) is 35.0 Å². The predicted octanol–water partition coefficient (Wildman–Crippen LogP) is 15.7. The number of esters is 1. The summed E-state index contributed by atoms with van der Waals surface area (Å²) < 4.78 is 12.9. The van der Waals surface area contributed by atoms with Gasteiger partial charge < -0.3 is 9.47 Å². The van der Waals surface area contributed by atoms with Crippen molar-refractivity contribution in [2.75, 3.05) is 30.1 Å². The molecule has 4 unspecified atom stereocenters. The van der Waals surface area contributed by atoms with Gasteiger partial charge in [0.2, 0.25) is 0 Å². The third kappa shape index (κ3) is 16.7. The highest BCUT2D eigenvalue weighted by atomic mass is 32.2. The molecule has 67 heavy (non-hydrogen) atoms. The maximum atomic E-state index is 14.8. The zero-order valence-electron chi connectivity index (χ0n) is 41.6. The molecule has 1 heterocycles. The van der Waals surface area contributed by atoms with Crippen LogP contribution in [0.1, 0.15) is 157 Å². The second kappa shape index (κ2) is 27.4. The number of carbonyl (C=O) groups excluding carboxylic acids is 1. The van der Waals surface area contributed by atoms with Crippen molar-refractivity contribution in [3.8, 4) is 0 Å². The van der Waals surface area contributed by atoms with Crippen LogP contribution in [-0.4, -0.2) is 63.4 Å². The number of thiol groups is 1. The molecule has 3 aliphatic carbocycles. The standard InChI is InChI=1S/C54H72N2O3S4.C3H8S/c1-6-20-43(45-32-17-16-21-38(45)2)33-47(52(57)58-44-30-14-9-15-31-44)56-54(62-36-50(63-54)42-24-12-8-13-25-42)37-55-51(61-35-49(60)41-22-10-7-11-23-41)46(39-26-18-27-39)34-48(40-28-19-29-40)59-53(3,4)5;1-3-4-2/h7-8,10-13,16-17,20-25,32,44,47,49-51,55-56,60H,6,9,14-15,18-19,26-31,33-37H2,1-5H3;3H2,1-2H3/b43-20-;/t47?,49?,50?,51?,54-;/m1./s1. The lowest BCUT2D eigenvalue weighted by atomic mass is 9.84. The topological polar surface area (TPSA) is 59.6 Å². The van der Waals surface area contributed by atoms with Gasteiger partial charge in [-0.15, -0.1) is 35.3 Å². The molecule has 4 fully saturated rings. The van der Waals surface area contributed by atoms with E-state index >= 15 is 0 Å². The lowest BCUT2D eigenvalue weighted by molar-refractivity contribution is -0.153. The maximum absolute atomic E-state index is 14.8. The largest absolute Gasteiger partial charge is 0.492 e. The van der Waals surface area contributed by atoms with Crippen LogP contribution in [0.4, 0.5) is 0 Å². The molecule has 3 saturated carbocycles. The number of allylic oxidation sites excluding steroid dienone is 4. The van der Waals surface area contributed by atoms with Crippen LogP contribution in [0.25, 0.3) is 5.57 Å². The number of hydrogen-bond acceptors (Lipinski definition) is 10. The Kier molecular flexibility index (Phi) is 22.2. The van der Waals surface area contributed by atoms with E-state index < -0.39 is 10.2 Å². The molecule has 0 aromatic heterocycles. The number of rotatable bonds is 21. The number of benzene rings is 3. The lowest BCUT2D eigenvalue weighted by Crippen LogP contribution is -2.55. The van der Waals surface area contributed by atoms with Gasteiger partial charge in [0.1, 0.15) is 27.7 Å². The molecule has 366 valence electrons. The van der Waals surface area contributed by atoms with Gasteiger partial charge >= 0.3 is 5.97 Å². The highest BCUT2D eigenvalue weighted by Crippen LogP contribution is 2.54. The van der Waals surface area contributed by atoms with Gasteiger partial charge in [0.15, 0.2) is 0 Å². The van der Waals surface area contributed by atoms with Gasteiger partial charge in [-0.1, -0.05) is 117 Å². The van der Waals surface area contributed by atoms with E-state index in [2.05, 4.69) is 149 Å². The highest BCUT2D eigenvalue weighted by Gasteiger charge is 2.45. The molecule has 3 aromatic carbocycles. The Morgan fingerprint density at radius 1 is 0.896 bits per heavy atom. The number of hydrogen-bond donors (Lipinski definition) is 3. The van der Waals surface area contributed by atoms with Crippen molar-refractivity contribution in [1.82, 2.24) is 10.6 Å². The molecule has 10 heteroatoms. The van der Waals surface area contributed by atoms with Crippen LogP contribution in [0.15, 0.2) is 113 Å². The van der Waals surface area contributed by atoms with Gasteiger partial charge in [-0.25, -0.2) is 0 Å². The summed E-state index contributed by atoms with van der Waals surface area (Å²) in [6.07, 6.45) is 19.0. The van der Waals surface area contributed by atoms with E-state index in [9.17, 15) is 4.79 Å². The van der Waals surface area contributed by atoms with Crippen LogP contribution >= 0.6 is 59.7 Å². The Bertz CT molecular complexity index is 2070. The normalized spacial score (nSPS) is 21.3. The molecule has 0 radical (unpaired) electrons. The maximum Gasteiger partial charge on any atom is 0.323 e. The van der Waals surface area contributed by atoms with E-state index in [1.807, 2.05) is 47.0 Å². The summed E-state index contributed by atoms with van der Waals surface area (Å²) >= 11 is 13.0. The minimum absolute atomic E-state index is 0.0202. The monoisotopic (exact) mass is 1000 g/mol. The van der Waals surface area contributed by atoms with Crippen molar-refractivity contribution in [1.29, 1.82) is 0 Å². The third-order valence-electron chi connectivity index (χ3n) is 13.1. The quantitative estimate of drug-likeness (QED) is 0.0318. The number of ether oxygens (including phenoxy) is 2. The number of nitrogens with one attached hydrogen (secondary N) is 2. The Hall–Kier alpha value is -2.18. The van der Waals surface area contributed by atoms with Gasteiger partial charge in [0.25, 0.3) is 0 Å². The van der Waals surface area contributed by atoms with Crippen LogP contribution < -0.4 is 10.6 Å². The molecular formula is C57H80N2O3S5. The summed E-state index contributed by atoms with van der Waals surface area (Å²) in [5, 5.41) is 8.77. The molecule has 3 aromatic rings. The van der Waals surface area contributed by atoms with Crippen molar-refractivity contribution in [3.05, 3.63) is 136 Å². The zero-order valence-corrected chi connectivity index (χ0v) is 45.7. The number of thioether (sulfide) groups is 4. The van der Waals surface area contributed by atoms with Crippen molar-refractivity contribution in [2.45, 2.75) is 169 Å². The molecule has 4 aliphatic rings. The van der Waals surface area contributed by atoms with Crippen molar-refractivity contribution in [3.63, 3.8) is 0 Å². The van der Waals surface area contributed by atoms with E-state index in [1.54, 1.807) is 5.57 Å². The van der Waals surface area contributed by atoms with E-state index in [-0.39, 0.29) is 33.5 Å². The average Bonchev–Trinajstić information content (AvgIpc) is 3.71. The molecule has 1 saturated heterocycles. The first kappa shape index (κ1) is 54.2. The Morgan fingerprint density at radius 2 is 1.54 bits per heavy atom. The van der Waals surface area contributed by atoms with E-state index in [4.69, 9.17) is 22.1 Å². The van der Waals surface area contributed by atoms with Gasteiger partial charge in [0.05, 0.1) is 5.37 Å².